The summed E-state index contributed by atoms with van der Waals surface area (Å²) in [5.74, 6) is 0.375. The summed E-state index contributed by atoms with van der Waals surface area (Å²) in [5, 5.41) is 3.04. The highest BCUT2D eigenvalue weighted by Gasteiger charge is 2.61. The molecule has 194 valence electrons. The highest BCUT2D eigenvalue weighted by atomic mass is 32.1. The van der Waals surface area contributed by atoms with Crippen molar-refractivity contribution in [3.63, 3.8) is 0 Å². The molecule has 1 N–H and O–H groups in total. The van der Waals surface area contributed by atoms with Gasteiger partial charge in [0.2, 0.25) is 11.8 Å². The van der Waals surface area contributed by atoms with E-state index in [2.05, 4.69) is 38.0 Å². The Labute approximate surface area is 212 Å². The van der Waals surface area contributed by atoms with Gasteiger partial charge in [-0.25, -0.2) is 0 Å². The van der Waals surface area contributed by atoms with Gasteiger partial charge < -0.3 is 19.9 Å². The molecular formula is C26H40N4O4S. The lowest BCUT2D eigenvalue weighted by Gasteiger charge is -2.50. The minimum Gasteiger partial charge on any atom is -0.379 e. The van der Waals surface area contributed by atoms with Gasteiger partial charge in [-0.2, -0.15) is 0 Å². The number of amides is 3. The van der Waals surface area contributed by atoms with E-state index in [1.807, 2.05) is 4.90 Å². The van der Waals surface area contributed by atoms with E-state index >= 15 is 0 Å². The number of ether oxygens (including phenoxy) is 1. The quantitative estimate of drug-likeness (QED) is 0.468. The maximum atomic E-state index is 13.3. The number of aromatic nitrogens is 1. The van der Waals surface area contributed by atoms with Crippen molar-refractivity contribution < 1.29 is 19.1 Å². The first-order valence-electron chi connectivity index (χ1n) is 13.0. The zero-order chi connectivity index (χ0) is 25.2. The Hall–Kier alpha value is -2.00. The van der Waals surface area contributed by atoms with Gasteiger partial charge in [0.25, 0.3) is 5.91 Å². The molecule has 0 aromatic carbocycles. The number of hydrogen-bond donors (Lipinski definition) is 1. The number of carbonyl (C=O) groups excluding carboxylic acids is 3. The molecule has 8 nitrogen and oxygen atoms in total. The molecule has 9 heteroatoms. The fourth-order valence-corrected chi connectivity index (χ4v) is 6.28. The molecule has 3 atom stereocenters. The summed E-state index contributed by atoms with van der Waals surface area (Å²) in [6, 6.07) is 0. The third kappa shape index (κ3) is 5.56. The molecule has 2 unspecified atom stereocenters. The van der Waals surface area contributed by atoms with E-state index in [1.54, 1.807) is 16.6 Å². The van der Waals surface area contributed by atoms with Crippen LogP contribution < -0.4 is 5.32 Å². The van der Waals surface area contributed by atoms with E-state index in [1.165, 1.54) is 11.3 Å². The molecule has 0 radical (unpaired) electrons. The van der Waals surface area contributed by atoms with Crippen molar-refractivity contribution in [3.05, 3.63) is 16.6 Å². The second-order valence-corrected chi connectivity index (χ2v) is 12.2. The van der Waals surface area contributed by atoms with Gasteiger partial charge in [0.15, 0.2) is 0 Å². The number of thiazole rings is 1. The maximum absolute atomic E-state index is 13.3. The average Bonchev–Trinajstić information content (AvgIpc) is 3.21. The third-order valence-corrected chi connectivity index (χ3v) is 8.96. The number of nitrogens with one attached hydrogen (secondary N) is 1. The van der Waals surface area contributed by atoms with Gasteiger partial charge in [0, 0.05) is 50.7 Å². The first kappa shape index (κ1) is 26.1. The second kappa shape index (κ2) is 10.5. The van der Waals surface area contributed by atoms with Crippen LogP contribution in [0.1, 0.15) is 63.0 Å². The Morgan fingerprint density at radius 1 is 1.20 bits per heavy atom. The van der Waals surface area contributed by atoms with Crippen molar-refractivity contribution in [1.29, 1.82) is 0 Å². The van der Waals surface area contributed by atoms with Gasteiger partial charge >= 0.3 is 0 Å². The monoisotopic (exact) mass is 504 g/mol. The molecule has 3 aliphatic rings. The summed E-state index contributed by atoms with van der Waals surface area (Å²) in [5.41, 5.74) is 1.34. The normalized spacial score (nSPS) is 24.8. The number of rotatable bonds is 11. The van der Waals surface area contributed by atoms with Crippen LogP contribution in [-0.4, -0.2) is 78.4 Å². The lowest BCUT2D eigenvalue weighted by Crippen LogP contribution is -2.64. The number of likely N-dealkylation sites (tertiary alicyclic amines) is 2. The third-order valence-electron chi connectivity index (χ3n) is 8.20. The molecular weight excluding hydrogens is 464 g/mol. The van der Waals surface area contributed by atoms with Gasteiger partial charge in [0.05, 0.1) is 24.2 Å². The topological polar surface area (TPSA) is 91.8 Å². The van der Waals surface area contributed by atoms with E-state index in [4.69, 9.17) is 4.74 Å². The number of hydrogen-bond acceptors (Lipinski definition) is 6. The van der Waals surface area contributed by atoms with Crippen molar-refractivity contribution in [3.8, 4) is 0 Å². The number of nitrogens with zero attached hydrogens (tertiary/aromatic N) is 3. The smallest absolute Gasteiger partial charge is 0.265 e. The zero-order valence-corrected chi connectivity index (χ0v) is 22.4. The molecule has 1 aromatic heterocycles. The molecule has 1 aliphatic carbocycles. The van der Waals surface area contributed by atoms with E-state index in [0.29, 0.717) is 50.1 Å². The Morgan fingerprint density at radius 2 is 1.91 bits per heavy atom. The molecule has 1 spiro atoms. The van der Waals surface area contributed by atoms with Crippen molar-refractivity contribution in [1.82, 2.24) is 20.1 Å². The summed E-state index contributed by atoms with van der Waals surface area (Å²) in [7, 11) is 0. The summed E-state index contributed by atoms with van der Waals surface area (Å²) in [6.07, 6.45) is 5.91. The van der Waals surface area contributed by atoms with Crippen LogP contribution >= 0.6 is 11.3 Å². The van der Waals surface area contributed by atoms with E-state index < -0.39 is 0 Å². The molecule has 2 aliphatic heterocycles. The minimum absolute atomic E-state index is 0.0485. The minimum atomic E-state index is -0.381. The van der Waals surface area contributed by atoms with Crippen molar-refractivity contribution in [2.24, 2.45) is 28.6 Å². The van der Waals surface area contributed by atoms with Crippen molar-refractivity contribution in [2.45, 2.75) is 53.4 Å². The maximum Gasteiger partial charge on any atom is 0.265 e. The highest BCUT2D eigenvalue weighted by molar-refractivity contribution is 7.11. The lowest BCUT2D eigenvalue weighted by molar-refractivity contribution is -0.151. The first-order chi connectivity index (χ1) is 16.7. The average molecular weight is 505 g/mol. The van der Waals surface area contributed by atoms with E-state index in [9.17, 15) is 14.4 Å². The molecule has 1 saturated carbocycles. The fraction of sp³-hybridized carbons (Fsp3) is 0.769. The molecule has 0 bridgehead atoms. The van der Waals surface area contributed by atoms with Gasteiger partial charge in [-0.3, -0.25) is 19.4 Å². The van der Waals surface area contributed by atoms with Crippen LogP contribution in [-0.2, 0) is 14.3 Å². The predicted molar refractivity (Wildman–Crippen MR) is 135 cm³/mol. The zero-order valence-electron chi connectivity index (χ0n) is 21.5. The van der Waals surface area contributed by atoms with E-state index in [-0.39, 0.29) is 40.4 Å². The SMILES string of the molecule is CCCC(CC)COCCNC(=O)C1CN(C(=O)c2cncs2)CC12CN(C(=O)[C@H]1CC1(C)C)C2. The Bertz CT molecular complexity index is 912. The number of carbonyl (C=O) groups is 3. The Morgan fingerprint density at radius 3 is 2.51 bits per heavy atom. The summed E-state index contributed by atoms with van der Waals surface area (Å²) >= 11 is 1.31. The van der Waals surface area contributed by atoms with E-state index in [0.717, 1.165) is 32.3 Å². The molecule has 4 rings (SSSR count). The first-order valence-corrected chi connectivity index (χ1v) is 13.9. The van der Waals surface area contributed by atoms with Crippen LogP contribution in [0.25, 0.3) is 0 Å². The van der Waals surface area contributed by atoms with Crippen LogP contribution in [0.2, 0.25) is 0 Å². The summed E-state index contributed by atoms with van der Waals surface area (Å²) in [6.45, 7) is 12.2. The Balaban J connectivity index is 1.34. The molecule has 35 heavy (non-hydrogen) atoms. The predicted octanol–water partition coefficient (Wildman–Crippen LogP) is 3.05. The lowest BCUT2D eigenvalue weighted by atomic mass is 9.71. The largest absolute Gasteiger partial charge is 0.379 e. The van der Waals surface area contributed by atoms with Crippen LogP contribution in [0.15, 0.2) is 11.7 Å². The van der Waals surface area contributed by atoms with Crippen molar-refractivity contribution in [2.75, 3.05) is 45.9 Å². The summed E-state index contributed by atoms with van der Waals surface area (Å²) < 4.78 is 5.82. The molecule has 3 heterocycles. The van der Waals surface area contributed by atoms with Crippen LogP contribution in [0, 0.1) is 28.6 Å². The molecule has 1 aromatic rings. The molecule has 3 amide bonds. The van der Waals surface area contributed by atoms with Gasteiger partial charge in [-0.15, -0.1) is 11.3 Å². The van der Waals surface area contributed by atoms with Crippen LogP contribution in [0.4, 0.5) is 0 Å². The standard InChI is InChI=1S/C26H40N4O4S/c1-5-7-18(6-2)13-34-9-8-28-22(31)20-12-29(24(33)21-11-27-17-35-21)14-26(20)15-30(16-26)23(32)19-10-25(19,3)4/h11,17-20H,5-10,12-16H2,1-4H3,(H,28,31)/t18?,19-,20?/m1/s1. The van der Waals surface area contributed by atoms with Gasteiger partial charge in [0.1, 0.15) is 4.88 Å². The second-order valence-electron chi connectivity index (χ2n) is 11.3. The molecule has 2 saturated heterocycles. The van der Waals surface area contributed by atoms with Crippen molar-refractivity contribution >= 4 is 29.1 Å². The highest BCUT2D eigenvalue weighted by Crippen LogP contribution is 2.54. The van der Waals surface area contributed by atoms with Crippen LogP contribution in [0.3, 0.4) is 0 Å². The van der Waals surface area contributed by atoms with Gasteiger partial charge in [-0.1, -0.05) is 40.5 Å². The summed E-state index contributed by atoms with van der Waals surface area (Å²) in [4.78, 5) is 47.5. The van der Waals surface area contributed by atoms with Gasteiger partial charge in [-0.05, 0) is 24.2 Å². The molecule has 3 fully saturated rings. The Kier molecular flexibility index (Phi) is 7.86. The fourth-order valence-electron chi connectivity index (χ4n) is 5.69. The van der Waals surface area contributed by atoms with Crippen LogP contribution in [0.5, 0.6) is 0 Å².